The molecule has 0 unspecified atom stereocenters. The summed E-state index contributed by atoms with van der Waals surface area (Å²) in [5.74, 6) is 0.728. The van der Waals surface area contributed by atoms with E-state index in [1.54, 1.807) is 0 Å². The smallest absolute Gasteiger partial charge is 0.268 e. The summed E-state index contributed by atoms with van der Waals surface area (Å²) in [4.78, 5) is 28.1. The zero-order valence-corrected chi connectivity index (χ0v) is 15.9. The summed E-state index contributed by atoms with van der Waals surface area (Å²) in [6.45, 7) is 2.46. The monoisotopic (exact) mass is 375 g/mol. The molecule has 1 fully saturated rings. The lowest BCUT2D eigenvalue weighted by atomic mass is 9.94. The second-order valence-electron chi connectivity index (χ2n) is 6.51. The molecule has 0 radical (unpaired) electrons. The van der Waals surface area contributed by atoms with Gasteiger partial charge < -0.3 is 9.84 Å². The number of hydrogen-bond acceptors (Lipinski definition) is 5. The molecule has 5 nitrogen and oxygen atoms in total. The van der Waals surface area contributed by atoms with Gasteiger partial charge in [-0.2, -0.15) is 0 Å². The van der Waals surface area contributed by atoms with E-state index in [1.165, 1.54) is 16.7 Å². The summed E-state index contributed by atoms with van der Waals surface area (Å²) in [5, 5.41) is 9.18. The number of benzene rings is 1. The predicted molar refractivity (Wildman–Crippen MR) is 103 cm³/mol. The molecular formula is C20H25NO4S. The lowest BCUT2D eigenvalue weighted by molar-refractivity contribution is -0.139. The number of aliphatic hydroxyl groups excluding tert-OH is 1. The van der Waals surface area contributed by atoms with Gasteiger partial charge in [0.2, 0.25) is 0 Å². The predicted octanol–water partition coefficient (Wildman–Crippen LogP) is 3.22. The molecule has 0 saturated heterocycles. The minimum Gasteiger partial charge on any atom is -0.494 e. The molecule has 1 saturated carbocycles. The SMILES string of the molecule is CCOc1ccc(C2=C(SCCO)C(=O)N(C3CCCCC3)C2=O)cc1. The van der Waals surface area contributed by atoms with Crippen molar-refractivity contribution in [2.24, 2.45) is 0 Å². The fourth-order valence-electron chi connectivity index (χ4n) is 3.62. The molecule has 1 aromatic rings. The molecule has 3 rings (SSSR count). The van der Waals surface area contributed by atoms with Gasteiger partial charge in [-0.05, 0) is 37.5 Å². The third kappa shape index (κ3) is 3.81. The highest BCUT2D eigenvalue weighted by Crippen LogP contribution is 2.39. The first-order chi connectivity index (χ1) is 12.7. The Labute approximate surface area is 158 Å². The standard InChI is InChI=1S/C20H25NO4S/c1-2-25-16-10-8-14(9-11-16)17-18(26-13-12-22)20(24)21(19(17)23)15-6-4-3-5-7-15/h8-11,15,22H,2-7,12-13H2,1H3. The van der Waals surface area contributed by atoms with Gasteiger partial charge in [0.1, 0.15) is 5.75 Å². The number of aliphatic hydroxyl groups is 1. The largest absolute Gasteiger partial charge is 0.494 e. The first kappa shape index (κ1) is 19.0. The molecule has 1 aliphatic carbocycles. The van der Waals surface area contributed by atoms with E-state index in [4.69, 9.17) is 4.74 Å². The highest BCUT2D eigenvalue weighted by Gasteiger charge is 2.42. The average Bonchev–Trinajstić information content (AvgIpc) is 2.91. The van der Waals surface area contributed by atoms with Crippen molar-refractivity contribution in [3.63, 3.8) is 0 Å². The Balaban J connectivity index is 1.92. The summed E-state index contributed by atoms with van der Waals surface area (Å²) in [5.41, 5.74) is 1.19. The van der Waals surface area contributed by atoms with Crippen LogP contribution in [-0.2, 0) is 9.59 Å². The van der Waals surface area contributed by atoms with Crippen LogP contribution in [0.4, 0.5) is 0 Å². The topological polar surface area (TPSA) is 66.8 Å². The lowest BCUT2D eigenvalue weighted by Crippen LogP contribution is -2.42. The Kier molecular flexibility index (Phi) is 6.38. The molecule has 0 bridgehead atoms. The van der Waals surface area contributed by atoms with Crippen LogP contribution in [0.2, 0.25) is 0 Å². The Morgan fingerprint density at radius 2 is 1.81 bits per heavy atom. The first-order valence-electron chi connectivity index (χ1n) is 9.26. The number of nitrogens with zero attached hydrogens (tertiary/aromatic N) is 1. The molecule has 6 heteroatoms. The van der Waals surface area contributed by atoms with Gasteiger partial charge in [-0.3, -0.25) is 14.5 Å². The summed E-state index contributed by atoms with van der Waals surface area (Å²) in [6, 6.07) is 7.29. The third-order valence-electron chi connectivity index (χ3n) is 4.80. The second-order valence-corrected chi connectivity index (χ2v) is 7.61. The second kappa shape index (κ2) is 8.73. The van der Waals surface area contributed by atoms with Gasteiger partial charge in [0.15, 0.2) is 0 Å². The third-order valence-corrected chi connectivity index (χ3v) is 5.86. The molecule has 1 aromatic carbocycles. The molecule has 140 valence electrons. The molecule has 1 N–H and O–H groups in total. The van der Waals surface area contributed by atoms with Crippen LogP contribution in [-0.4, -0.2) is 46.8 Å². The number of hydrogen-bond donors (Lipinski definition) is 1. The number of thioether (sulfide) groups is 1. The molecule has 26 heavy (non-hydrogen) atoms. The molecule has 0 atom stereocenters. The van der Waals surface area contributed by atoms with Crippen molar-refractivity contribution in [2.75, 3.05) is 19.0 Å². The maximum absolute atomic E-state index is 13.1. The van der Waals surface area contributed by atoms with Gasteiger partial charge in [0.05, 0.1) is 23.7 Å². The van der Waals surface area contributed by atoms with E-state index in [0.717, 1.165) is 43.4 Å². The van der Waals surface area contributed by atoms with Gasteiger partial charge >= 0.3 is 0 Å². The molecule has 0 spiro atoms. The van der Waals surface area contributed by atoms with Crippen LogP contribution in [0, 0.1) is 0 Å². The Hall–Kier alpha value is -1.79. The highest BCUT2D eigenvalue weighted by molar-refractivity contribution is 8.04. The van der Waals surface area contributed by atoms with Crippen LogP contribution in [0.3, 0.4) is 0 Å². The van der Waals surface area contributed by atoms with Crippen LogP contribution < -0.4 is 4.74 Å². The lowest BCUT2D eigenvalue weighted by Gasteiger charge is -2.29. The van der Waals surface area contributed by atoms with E-state index in [1.807, 2.05) is 31.2 Å². The van der Waals surface area contributed by atoms with Crippen LogP contribution in [0.1, 0.15) is 44.6 Å². The number of carbonyl (C=O) groups is 2. The summed E-state index contributed by atoms with van der Waals surface area (Å²) >= 11 is 1.27. The minimum atomic E-state index is -0.204. The van der Waals surface area contributed by atoms with E-state index in [0.29, 0.717) is 22.8 Å². The highest BCUT2D eigenvalue weighted by atomic mass is 32.2. The number of carbonyl (C=O) groups excluding carboxylic acids is 2. The molecule has 1 heterocycles. The Morgan fingerprint density at radius 3 is 2.42 bits per heavy atom. The minimum absolute atomic E-state index is 0.00586. The van der Waals surface area contributed by atoms with E-state index < -0.39 is 0 Å². The molecular weight excluding hydrogens is 350 g/mol. The van der Waals surface area contributed by atoms with Gasteiger partial charge in [-0.25, -0.2) is 0 Å². The first-order valence-corrected chi connectivity index (χ1v) is 10.2. The molecule has 1 aliphatic heterocycles. The van der Waals surface area contributed by atoms with Crippen molar-refractivity contribution in [1.82, 2.24) is 4.90 Å². The average molecular weight is 375 g/mol. The van der Waals surface area contributed by atoms with Crippen molar-refractivity contribution in [3.05, 3.63) is 34.7 Å². The fraction of sp³-hybridized carbons (Fsp3) is 0.500. The number of ether oxygens (including phenoxy) is 1. The number of imide groups is 1. The van der Waals surface area contributed by atoms with Crippen molar-refractivity contribution in [3.8, 4) is 5.75 Å². The van der Waals surface area contributed by atoms with E-state index >= 15 is 0 Å². The van der Waals surface area contributed by atoms with Crippen LogP contribution in [0.5, 0.6) is 5.75 Å². The molecule has 2 aliphatic rings. The van der Waals surface area contributed by atoms with Crippen molar-refractivity contribution >= 4 is 29.1 Å². The number of rotatable bonds is 7. The fourth-order valence-corrected chi connectivity index (χ4v) is 4.48. The van der Waals surface area contributed by atoms with Gasteiger partial charge in [-0.15, -0.1) is 11.8 Å². The van der Waals surface area contributed by atoms with Crippen LogP contribution in [0.25, 0.3) is 5.57 Å². The Bertz CT molecular complexity index is 692. The van der Waals surface area contributed by atoms with Crippen molar-refractivity contribution in [1.29, 1.82) is 0 Å². The number of amides is 2. The quantitative estimate of drug-likeness (QED) is 0.741. The maximum atomic E-state index is 13.1. The summed E-state index contributed by atoms with van der Waals surface area (Å²) in [6.07, 6.45) is 5.04. The van der Waals surface area contributed by atoms with Gasteiger partial charge in [0.25, 0.3) is 11.8 Å². The normalized spacial score (nSPS) is 18.8. The summed E-state index contributed by atoms with van der Waals surface area (Å²) < 4.78 is 5.46. The molecule has 0 aromatic heterocycles. The zero-order valence-electron chi connectivity index (χ0n) is 15.1. The van der Waals surface area contributed by atoms with Gasteiger partial charge in [-0.1, -0.05) is 31.4 Å². The van der Waals surface area contributed by atoms with Crippen LogP contribution >= 0.6 is 11.8 Å². The zero-order chi connectivity index (χ0) is 18.5. The van der Waals surface area contributed by atoms with Gasteiger partial charge in [0, 0.05) is 11.8 Å². The van der Waals surface area contributed by atoms with E-state index in [-0.39, 0.29) is 24.5 Å². The maximum Gasteiger partial charge on any atom is 0.268 e. The van der Waals surface area contributed by atoms with Crippen molar-refractivity contribution in [2.45, 2.75) is 45.1 Å². The molecule has 2 amide bonds. The van der Waals surface area contributed by atoms with E-state index in [2.05, 4.69) is 0 Å². The van der Waals surface area contributed by atoms with E-state index in [9.17, 15) is 14.7 Å². The summed E-state index contributed by atoms with van der Waals surface area (Å²) in [7, 11) is 0. The van der Waals surface area contributed by atoms with Crippen molar-refractivity contribution < 1.29 is 19.4 Å². The van der Waals surface area contributed by atoms with Crippen LogP contribution in [0.15, 0.2) is 29.2 Å². The Morgan fingerprint density at radius 1 is 1.12 bits per heavy atom.